The van der Waals surface area contributed by atoms with E-state index >= 15 is 0 Å². The molecule has 1 fully saturated rings. The normalized spacial score (nSPS) is 18.2. The predicted molar refractivity (Wildman–Crippen MR) is 95.8 cm³/mol. The number of halogens is 1. The molecule has 0 radical (unpaired) electrons. The van der Waals surface area contributed by atoms with Gasteiger partial charge in [-0.15, -0.1) is 0 Å². The molecule has 3 aromatic rings. The van der Waals surface area contributed by atoms with Crippen molar-refractivity contribution in [3.8, 4) is 0 Å². The molecule has 3 aromatic heterocycles. The second kappa shape index (κ2) is 5.83. The van der Waals surface area contributed by atoms with Crippen LogP contribution < -0.4 is 5.69 Å². The number of amides is 1. The zero-order chi connectivity index (χ0) is 17.7. The van der Waals surface area contributed by atoms with Crippen molar-refractivity contribution in [2.75, 3.05) is 13.1 Å². The van der Waals surface area contributed by atoms with Gasteiger partial charge in [-0.05, 0) is 40.9 Å². The highest BCUT2D eigenvalue weighted by atomic mass is 79.9. The summed E-state index contributed by atoms with van der Waals surface area (Å²) < 4.78 is 3.89. The highest BCUT2D eigenvalue weighted by Crippen LogP contribution is 2.28. The number of carbonyl (C=O) groups is 1. The van der Waals surface area contributed by atoms with Crippen molar-refractivity contribution < 1.29 is 9.90 Å². The molecule has 4 rings (SSSR count). The van der Waals surface area contributed by atoms with Gasteiger partial charge in [0.2, 0.25) is 0 Å². The zero-order valence-electron chi connectivity index (χ0n) is 13.5. The first-order chi connectivity index (χ1) is 12.0. The quantitative estimate of drug-likeness (QED) is 0.627. The van der Waals surface area contributed by atoms with Gasteiger partial charge >= 0.3 is 11.8 Å². The zero-order valence-corrected chi connectivity index (χ0v) is 15.1. The molecule has 0 bridgehead atoms. The van der Waals surface area contributed by atoms with Crippen molar-refractivity contribution in [1.29, 1.82) is 0 Å². The Kier molecular flexibility index (Phi) is 3.75. The molecule has 1 N–H and O–H groups in total. The number of fused-ring (bicyclic) bond motifs is 3. The number of carboxylic acid groups (broad SMARTS) is 1. The third-order valence-corrected chi connectivity index (χ3v) is 5.20. The van der Waals surface area contributed by atoms with Crippen LogP contribution >= 0.6 is 15.9 Å². The number of rotatable bonds is 1. The van der Waals surface area contributed by atoms with E-state index in [0.717, 1.165) is 12.8 Å². The lowest BCUT2D eigenvalue weighted by Crippen LogP contribution is -2.42. The van der Waals surface area contributed by atoms with Gasteiger partial charge in [0, 0.05) is 20.1 Å². The van der Waals surface area contributed by atoms with Crippen LogP contribution in [-0.4, -0.2) is 48.3 Å². The molecule has 4 heterocycles. The summed E-state index contributed by atoms with van der Waals surface area (Å²) in [7, 11) is 1.70. The average Bonchev–Trinajstić information content (AvgIpc) is 2.86. The maximum atomic E-state index is 12.9. The fraction of sp³-hybridized carbons (Fsp3) is 0.375. The second-order valence-electron chi connectivity index (χ2n) is 6.23. The molecule has 1 aliphatic heterocycles. The highest BCUT2D eigenvalue weighted by Gasteiger charge is 2.28. The molecular formula is C16H16BrN5O3. The third-order valence-electron chi connectivity index (χ3n) is 4.76. The molecule has 1 saturated heterocycles. The van der Waals surface area contributed by atoms with Gasteiger partial charge in [0.25, 0.3) is 0 Å². The number of piperidine rings is 1. The maximum absolute atomic E-state index is 12.9. The molecule has 25 heavy (non-hydrogen) atoms. The fourth-order valence-electron chi connectivity index (χ4n) is 3.54. The number of likely N-dealkylation sites (tertiary alicyclic amines) is 1. The molecule has 0 saturated carbocycles. The van der Waals surface area contributed by atoms with Gasteiger partial charge in [0.15, 0.2) is 0 Å². The van der Waals surface area contributed by atoms with Crippen LogP contribution in [0.1, 0.15) is 18.9 Å². The maximum Gasteiger partial charge on any atom is 0.407 e. The van der Waals surface area contributed by atoms with Crippen LogP contribution in [0.5, 0.6) is 0 Å². The van der Waals surface area contributed by atoms with Gasteiger partial charge in [0.05, 0.1) is 28.8 Å². The number of pyridine rings is 2. The van der Waals surface area contributed by atoms with Crippen molar-refractivity contribution >= 4 is 44.1 Å². The van der Waals surface area contributed by atoms with E-state index in [2.05, 4.69) is 25.9 Å². The minimum atomic E-state index is -0.953. The summed E-state index contributed by atoms with van der Waals surface area (Å²) in [6, 6.07) is 3.43. The van der Waals surface area contributed by atoms with Gasteiger partial charge in [-0.25, -0.2) is 14.6 Å². The van der Waals surface area contributed by atoms with E-state index in [9.17, 15) is 14.7 Å². The van der Waals surface area contributed by atoms with Crippen LogP contribution in [0, 0.1) is 0 Å². The predicted octanol–water partition coefficient (Wildman–Crippen LogP) is 2.36. The topological polar surface area (TPSA) is 93.2 Å². The summed E-state index contributed by atoms with van der Waals surface area (Å²) in [4.78, 5) is 34.5. The van der Waals surface area contributed by atoms with Crippen LogP contribution in [0.2, 0.25) is 0 Å². The van der Waals surface area contributed by atoms with Crippen molar-refractivity contribution in [3.63, 3.8) is 0 Å². The van der Waals surface area contributed by atoms with Gasteiger partial charge in [-0.1, -0.05) is 0 Å². The van der Waals surface area contributed by atoms with E-state index < -0.39 is 6.09 Å². The summed E-state index contributed by atoms with van der Waals surface area (Å²) in [5.74, 6) is 0. The lowest BCUT2D eigenvalue weighted by atomic mass is 10.1. The molecule has 1 aliphatic rings. The number of hydrogen-bond acceptors (Lipinski definition) is 4. The molecule has 0 aromatic carbocycles. The van der Waals surface area contributed by atoms with E-state index in [1.807, 2.05) is 6.07 Å². The smallest absolute Gasteiger partial charge is 0.407 e. The summed E-state index contributed by atoms with van der Waals surface area (Å²) in [6.07, 6.45) is 2.19. The standard InChI is InChI=1S/C16H16BrN5O3/c1-20-11-7-18-10-4-5-12(17)19-13(10)14(11)22(15(20)23)9-3-2-6-21(8-9)16(24)25/h4-5,7,9H,2-3,6,8H2,1H3,(H,24,25)/t9-/m1/s1. The van der Waals surface area contributed by atoms with Crippen molar-refractivity contribution in [2.45, 2.75) is 18.9 Å². The highest BCUT2D eigenvalue weighted by molar-refractivity contribution is 9.10. The molecule has 0 unspecified atom stereocenters. The molecule has 1 atom stereocenters. The average molecular weight is 406 g/mol. The first-order valence-corrected chi connectivity index (χ1v) is 8.76. The second-order valence-corrected chi connectivity index (χ2v) is 7.04. The molecule has 130 valence electrons. The van der Waals surface area contributed by atoms with Crippen LogP contribution in [0.25, 0.3) is 22.1 Å². The van der Waals surface area contributed by atoms with Crippen LogP contribution in [0.15, 0.2) is 27.7 Å². The Morgan fingerprint density at radius 1 is 1.40 bits per heavy atom. The van der Waals surface area contributed by atoms with Crippen LogP contribution in [0.4, 0.5) is 4.79 Å². The first kappa shape index (κ1) is 16.1. The summed E-state index contributed by atoms with van der Waals surface area (Å²) >= 11 is 3.37. The monoisotopic (exact) mass is 405 g/mol. The van der Waals surface area contributed by atoms with Crippen LogP contribution in [-0.2, 0) is 7.05 Å². The number of imidazole rings is 1. The Morgan fingerprint density at radius 3 is 2.96 bits per heavy atom. The number of aromatic nitrogens is 4. The molecule has 1 amide bonds. The summed E-state index contributed by atoms with van der Waals surface area (Å²) in [5.41, 5.74) is 2.55. The van der Waals surface area contributed by atoms with Gasteiger partial charge in [-0.3, -0.25) is 14.1 Å². The third kappa shape index (κ3) is 2.50. The van der Waals surface area contributed by atoms with Crippen molar-refractivity contribution in [2.24, 2.45) is 7.05 Å². The number of nitrogens with zero attached hydrogens (tertiary/aromatic N) is 5. The Morgan fingerprint density at radius 2 is 2.20 bits per heavy atom. The van der Waals surface area contributed by atoms with Gasteiger partial charge in [0.1, 0.15) is 10.1 Å². The Labute approximate surface area is 150 Å². The molecular weight excluding hydrogens is 390 g/mol. The van der Waals surface area contributed by atoms with Crippen LogP contribution in [0.3, 0.4) is 0 Å². The van der Waals surface area contributed by atoms with E-state index in [4.69, 9.17) is 0 Å². The molecule has 9 heteroatoms. The van der Waals surface area contributed by atoms with Crippen molar-refractivity contribution in [3.05, 3.63) is 33.4 Å². The fourth-order valence-corrected chi connectivity index (χ4v) is 3.85. The van der Waals surface area contributed by atoms with Crippen molar-refractivity contribution in [1.82, 2.24) is 24.0 Å². The minimum Gasteiger partial charge on any atom is -0.465 e. The molecule has 8 nitrogen and oxygen atoms in total. The number of hydrogen-bond donors (Lipinski definition) is 1. The lowest BCUT2D eigenvalue weighted by molar-refractivity contribution is 0.121. The SMILES string of the molecule is Cn1c(=O)n([C@@H]2CCCN(C(=O)O)C2)c2c3nc(Br)ccc3ncc21. The molecule has 0 aliphatic carbocycles. The van der Waals surface area contributed by atoms with E-state index in [1.165, 1.54) is 4.90 Å². The Hall–Kier alpha value is -2.42. The lowest BCUT2D eigenvalue weighted by Gasteiger charge is -2.31. The Balaban J connectivity index is 1.99. The molecule has 0 spiro atoms. The van der Waals surface area contributed by atoms with E-state index in [1.54, 1.807) is 28.4 Å². The van der Waals surface area contributed by atoms with E-state index in [-0.39, 0.29) is 11.7 Å². The summed E-state index contributed by atoms with van der Waals surface area (Å²) in [6.45, 7) is 0.795. The first-order valence-electron chi connectivity index (χ1n) is 7.97. The number of aryl methyl sites for hydroxylation is 1. The summed E-state index contributed by atoms with van der Waals surface area (Å²) in [5, 5.41) is 9.30. The minimum absolute atomic E-state index is 0.177. The van der Waals surface area contributed by atoms with Gasteiger partial charge in [-0.2, -0.15) is 0 Å². The van der Waals surface area contributed by atoms with E-state index in [0.29, 0.717) is 39.8 Å². The van der Waals surface area contributed by atoms with Gasteiger partial charge < -0.3 is 10.0 Å². The largest absolute Gasteiger partial charge is 0.465 e. The Bertz CT molecular complexity index is 1060.